The second-order valence-corrected chi connectivity index (χ2v) is 10.6. The zero-order valence-electron chi connectivity index (χ0n) is 22.9. The van der Waals surface area contributed by atoms with Gasteiger partial charge in [-0.25, -0.2) is 9.80 Å². The van der Waals surface area contributed by atoms with Crippen LogP contribution >= 0.6 is 11.6 Å². The van der Waals surface area contributed by atoms with Crippen molar-refractivity contribution in [1.82, 2.24) is 10.0 Å². The summed E-state index contributed by atoms with van der Waals surface area (Å²) in [4.78, 5) is 66.4. The lowest BCUT2D eigenvalue weighted by molar-refractivity contribution is -0.154. The number of carbonyl (C=O) groups is 5. The number of nitrogens with zero attached hydrogens (tertiary/aromatic N) is 2. The molecular formula is C32H27ClN2O7. The van der Waals surface area contributed by atoms with E-state index >= 15 is 0 Å². The third-order valence-corrected chi connectivity index (χ3v) is 7.60. The summed E-state index contributed by atoms with van der Waals surface area (Å²) in [5.74, 6) is -3.30. The van der Waals surface area contributed by atoms with Gasteiger partial charge in [0.05, 0.1) is 24.5 Å². The number of allylic oxidation sites excluding steroid dienone is 2. The van der Waals surface area contributed by atoms with E-state index in [2.05, 4.69) is 0 Å². The van der Waals surface area contributed by atoms with Gasteiger partial charge in [-0.2, -0.15) is 5.01 Å². The van der Waals surface area contributed by atoms with Crippen molar-refractivity contribution in [3.8, 4) is 11.5 Å². The molecule has 0 radical (unpaired) electrons. The van der Waals surface area contributed by atoms with Gasteiger partial charge in [-0.3, -0.25) is 19.2 Å². The first-order valence-corrected chi connectivity index (χ1v) is 13.6. The quantitative estimate of drug-likeness (QED) is 0.118. The van der Waals surface area contributed by atoms with Crippen LogP contribution in [-0.2, 0) is 9.59 Å². The highest BCUT2D eigenvalue weighted by atomic mass is 35.5. The fraction of sp³-hybridized carbons (Fsp3) is 0.219. The molecule has 3 aromatic carbocycles. The van der Waals surface area contributed by atoms with Crippen molar-refractivity contribution in [2.45, 2.75) is 19.8 Å². The Morgan fingerprint density at radius 3 is 2.24 bits per heavy atom. The Morgan fingerprint density at radius 1 is 0.881 bits per heavy atom. The number of amides is 3. The Kier molecular flexibility index (Phi) is 8.22. The summed E-state index contributed by atoms with van der Waals surface area (Å²) in [5.41, 5.74) is 1.64. The largest absolute Gasteiger partial charge is 0.497 e. The minimum Gasteiger partial charge on any atom is -0.497 e. The SMILES string of the molecule is COc1cccc(C(=O)Oc2ccc(C(=O)CN(C(=O)c3ccc(Cl)cc3)N3C(=O)[C@@H]4CC=C(C)C[C@H]4C3=O)cc2)c1. The molecule has 0 saturated carbocycles. The van der Waals surface area contributed by atoms with Crippen LogP contribution in [0.15, 0.2) is 84.4 Å². The van der Waals surface area contributed by atoms with Crippen molar-refractivity contribution >= 4 is 41.1 Å². The summed E-state index contributed by atoms with van der Waals surface area (Å²) in [6, 6.07) is 18.3. The molecule has 9 nitrogen and oxygen atoms in total. The molecule has 0 bridgehead atoms. The number of Topliss-reactive ketones (excluding diaryl/α,β-unsaturated/α-hetero) is 1. The lowest BCUT2D eigenvalue weighted by Crippen LogP contribution is -2.52. The number of rotatable bonds is 8. The predicted octanol–water partition coefficient (Wildman–Crippen LogP) is 5.15. The van der Waals surface area contributed by atoms with E-state index in [0.29, 0.717) is 23.6 Å². The van der Waals surface area contributed by atoms with Crippen molar-refractivity contribution in [2.24, 2.45) is 11.8 Å². The lowest BCUT2D eigenvalue weighted by Gasteiger charge is -2.30. The minimum atomic E-state index is -0.686. The van der Waals surface area contributed by atoms with Crippen LogP contribution in [0.1, 0.15) is 50.8 Å². The molecule has 1 fully saturated rings. The second kappa shape index (κ2) is 12.0. The molecule has 0 N–H and O–H groups in total. The Morgan fingerprint density at radius 2 is 1.55 bits per heavy atom. The molecule has 0 aromatic heterocycles. The normalized spacial score (nSPS) is 17.8. The molecule has 3 aromatic rings. The topological polar surface area (TPSA) is 110 Å². The van der Waals surface area contributed by atoms with Gasteiger partial charge in [-0.05, 0) is 86.5 Å². The first-order chi connectivity index (χ1) is 20.2. The molecule has 0 unspecified atom stereocenters. The molecule has 1 heterocycles. The number of hydrogen-bond acceptors (Lipinski definition) is 7. The number of methoxy groups -OCH3 is 1. The molecule has 214 valence electrons. The molecule has 2 aliphatic rings. The van der Waals surface area contributed by atoms with Crippen molar-refractivity contribution in [1.29, 1.82) is 0 Å². The zero-order valence-corrected chi connectivity index (χ0v) is 23.7. The van der Waals surface area contributed by atoms with Crippen LogP contribution in [0.25, 0.3) is 0 Å². The molecule has 0 spiro atoms. The van der Waals surface area contributed by atoms with E-state index < -0.39 is 47.9 Å². The summed E-state index contributed by atoms with van der Waals surface area (Å²) in [7, 11) is 1.49. The molecule has 1 aliphatic carbocycles. The number of halogens is 1. The van der Waals surface area contributed by atoms with Crippen molar-refractivity contribution in [2.75, 3.05) is 13.7 Å². The van der Waals surface area contributed by atoms with Crippen LogP contribution in [0.4, 0.5) is 0 Å². The van der Waals surface area contributed by atoms with Gasteiger partial charge in [0.15, 0.2) is 5.78 Å². The van der Waals surface area contributed by atoms with E-state index in [1.165, 1.54) is 55.6 Å². The van der Waals surface area contributed by atoms with E-state index in [-0.39, 0.29) is 22.4 Å². The van der Waals surface area contributed by atoms with Crippen LogP contribution in [0, 0.1) is 11.8 Å². The number of hydrazine groups is 1. The van der Waals surface area contributed by atoms with Crippen molar-refractivity contribution < 1.29 is 33.4 Å². The number of carbonyl (C=O) groups excluding carboxylic acids is 5. The van der Waals surface area contributed by atoms with Gasteiger partial charge in [0.1, 0.15) is 18.0 Å². The number of ether oxygens (including phenoxy) is 2. The smallest absolute Gasteiger partial charge is 0.343 e. The summed E-state index contributed by atoms with van der Waals surface area (Å²) >= 11 is 5.98. The Balaban J connectivity index is 1.36. The third kappa shape index (κ3) is 5.82. The van der Waals surface area contributed by atoms with Crippen LogP contribution in [0.2, 0.25) is 5.02 Å². The maximum absolute atomic E-state index is 13.6. The van der Waals surface area contributed by atoms with Gasteiger partial charge in [0.2, 0.25) is 0 Å². The predicted molar refractivity (Wildman–Crippen MR) is 153 cm³/mol. The van der Waals surface area contributed by atoms with Crippen molar-refractivity contribution in [3.63, 3.8) is 0 Å². The average molecular weight is 587 g/mol. The van der Waals surface area contributed by atoms with Gasteiger partial charge < -0.3 is 9.47 Å². The Bertz CT molecular complexity index is 1600. The molecule has 3 amide bonds. The fourth-order valence-corrected chi connectivity index (χ4v) is 5.21. The molecule has 2 atom stereocenters. The Labute approximate surface area is 247 Å². The van der Waals surface area contributed by atoms with Gasteiger partial charge in [0.25, 0.3) is 17.7 Å². The number of fused-ring (bicyclic) bond motifs is 1. The summed E-state index contributed by atoms with van der Waals surface area (Å²) in [6.45, 7) is 1.34. The van der Waals surface area contributed by atoms with E-state index in [1.54, 1.807) is 24.3 Å². The maximum Gasteiger partial charge on any atom is 0.343 e. The fourth-order valence-electron chi connectivity index (χ4n) is 5.08. The summed E-state index contributed by atoms with van der Waals surface area (Å²) in [6.07, 6.45) is 2.73. The molecule has 1 aliphatic heterocycles. The molecule has 1 saturated heterocycles. The molecular weight excluding hydrogens is 560 g/mol. The third-order valence-electron chi connectivity index (χ3n) is 7.35. The monoisotopic (exact) mass is 586 g/mol. The highest BCUT2D eigenvalue weighted by Gasteiger charge is 2.51. The van der Waals surface area contributed by atoms with Crippen LogP contribution < -0.4 is 9.47 Å². The van der Waals surface area contributed by atoms with Crippen LogP contribution in [0.3, 0.4) is 0 Å². The number of imide groups is 1. The van der Waals surface area contributed by atoms with E-state index in [9.17, 15) is 24.0 Å². The first-order valence-electron chi connectivity index (χ1n) is 13.3. The van der Waals surface area contributed by atoms with Crippen molar-refractivity contribution in [3.05, 3.63) is 106 Å². The molecule has 5 rings (SSSR count). The minimum absolute atomic E-state index is 0.164. The zero-order chi connectivity index (χ0) is 30.0. The average Bonchev–Trinajstić information content (AvgIpc) is 3.24. The number of ketones is 1. The summed E-state index contributed by atoms with van der Waals surface area (Å²) < 4.78 is 10.5. The lowest BCUT2D eigenvalue weighted by atomic mass is 9.82. The first kappa shape index (κ1) is 28.8. The van der Waals surface area contributed by atoms with Crippen LogP contribution in [0.5, 0.6) is 11.5 Å². The highest BCUT2D eigenvalue weighted by Crippen LogP contribution is 2.38. The van der Waals surface area contributed by atoms with Gasteiger partial charge in [-0.1, -0.05) is 29.3 Å². The maximum atomic E-state index is 13.6. The molecule has 10 heteroatoms. The van der Waals surface area contributed by atoms with Gasteiger partial charge in [0, 0.05) is 16.1 Å². The summed E-state index contributed by atoms with van der Waals surface area (Å²) in [5, 5.41) is 2.16. The van der Waals surface area contributed by atoms with E-state index in [4.69, 9.17) is 21.1 Å². The van der Waals surface area contributed by atoms with Gasteiger partial charge >= 0.3 is 5.97 Å². The Hall–Kier alpha value is -4.76. The highest BCUT2D eigenvalue weighted by molar-refractivity contribution is 6.30. The van der Waals surface area contributed by atoms with Gasteiger partial charge in [-0.15, -0.1) is 0 Å². The second-order valence-electron chi connectivity index (χ2n) is 10.1. The van der Waals surface area contributed by atoms with E-state index in [0.717, 1.165) is 15.6 Å². The number of esters is 1. The molecule has 42 heavy (non-hydrogen) atoms. The number of benzene rings is 3. The van der Waals surface area contributed by atoms with E-state index in [1.807, 2.05) is 13.0 Å². The standard InChI is InChI=1S/C32H27ClN2O7/c1-19-6-15-26-27(16-19)31(39)35(30(26)38)34(29(37)21-7-11-23(33)12-8-21)18-28(36)20-9-13-24(14-10-20)42-32(40)22-4-3-5-25(17-22)41-2/h3-14,17,26-27H,15-16,18H2,1-2H3/t26-,27-/m1/s1. The number of hydrogen-bond donors (Lipinski definition) is 0. The van der Waals surface area contributed by atoms with Crippen LogP contribution in [-0.4, -0.2) is 53.1 Å².